The van der Waals surface area contributed by atoms with E-state index < -0.39 is 9.84 Å². The van der Waals surface area contributed by atoms with Crippen molar-refractivity contribution in [3.05, 3.63) is 23.8 Å². The van der Waals surface area contributed by atoms with E-state index in [1.807, 2.05) is 12.1 Å². The van der Waals surface area contributed by atoms with Crippen LogP contribution in [0, 0.1) is 0 Å². The highest BCUT2D eigenvalue weighted by Crippen LogP contribution is 2.47. The van der Waals surface area contributed by atoms with E-state index in [4.69, 9.17) is 4.99 Å². The summed E-state index contributed by atoms with van der Waals surface area (Å²) in [5, 5.41) is 0. The van der Waals surface area contributed by atoms with Gasteiger partial charge in [-0.3, -0.25) is 4.99 Å². The summed E-state index contributed by atoms with van der Waals surface area (Å²) in [6.45, 7) is 2.20. The lowest BCUT2D eigenvalue weighted by Crippen LogP contribution is -2.32. The normalized spacial score (nSPS) is 26.4. The Morgan fingerprint density at radius 2 is 2.06 bits per heavy atom. The summed E-state index contributed by atoms with van der Waals surface area (Å²) in [5.41, 5.74) is 3.25. The largest absolute Gasteiger partial charge is 0.257 e. The zero-order chi connectivity index (χ0) is 13.0. The maximum absolute atomic E-state index is 11.7. The highest BCUT2D eigenvalue weighted by Gasteiger charge is 2.40. The number of fused-ring (bicyclic) bond motifs is 3. The zero-order valence-corrected chi connectivity index (χ0v) is 11.5. The van der Waals surface area contributed by atoms with E-state index in [9.17, 15) is 8.42 Å². The molecule has 1 heterocycles. The van der Waals surface area contributed by atoms with Gasteiger partial charge in [-0.2, -0.15) is 0 Å². The third-order valence-corrected chi connectivity index (χ3v) is 5.33. The molecule has 96 valence electrons. The van der Waals surface area contributed by atoms with Crippen molar-refractivity contribution in [2.75, 3.05) is 6.26 Å². The molecule has 1 aromatic carbocycles. The first-order chi connectivity index (χ1) is 8.41. The van der Waals surface area contributed by atoms with Gasteiger partial charge in [-0.15, -0.1) is 0 Å². The van der Waals surface area contributed by atoms with Crippen LogP contribution in [0.25, 0.3) is 0 Å². The summed E-state index contributed by atoms with van der Waals surface area (Å²) in [5.74, 6) is 0. The molecule has 0 saturated heterocycles. The molecule has 3 rings (SSSR count). The molecular formula is C14H17NO2S. The Balaban J connectivity index is 2.17. The molecular weight excluding hydrogens is 246 g/mol. The van der Waals surface area contributed by atoms with Crippen LogP contribution in [0.3, 0.4) is 0 Å². The van der Waals surface area contributed by atoms with E-state index in [1.165, 1.54) is 24.8 Å². The number of hydrogen-bond acceptors (Lipinski definition) is 3. The van der Waals surface area contributed by atoms with Gasteiger partial charge in [-0.05, 0) is 43.0 Å². The quantitative estimate of drug-likeness (QED) is 0.782. The lowest BCUT2D eigenvalue weighted by Gasteiger charge is -2.31. The molecule has 0 N–H and O–H groups in total. The first-order valence-corrected chi connectivity index (χ1v) is 8.23. The Morgan fingerprint density at radius 3 is 2.78 bits per heavy atom. The second-order valence-electron chi connectivity index (χ2n) is 5.55. The maximum Gasteiger partial charge on any atom is 0.175 e. The lowest BCUT2D eigenvalue weighted by molar-refractivity contribution is 0.497. The average Bonchev–Trinajstić information content (AvgIpc) is 2.60. The monoisotopic (exact) mass is 263 g/mol. The molecule has 2 aliphatic rings. The fraction of sp³-hybridized carbons (Fsp3) is 0.500. The molecule has 0 radical (unpaired) electrons. The number of sulfone groups is 1. The SMILES string of the molecule is CC12CCCCC1=Nc1ccc(S(C)(=O)=O)cc12. The minimum absolute atomic E-state index is 0.0334. The maximum atomic E-state index is 11.7. The van der Waals surface area contributed by atoms with Crippen LogP contribution in [0.2, 0.25) is 0 Å². The summed E-state index contributed by atoms with van der Waals surface area (Å²) >= 11 is 0. The summed E-state index contributed by atoms with van der Waals surface area (Å²) < 4.78 is 23.3. The van der Waals surface area contributed by atoms with Crippen LogP contribution in [-0.2, 0) is 15.3 Å². The summed E-state index contributed by atoms with van der Waals surface area (Å²) in [4.78, 5) is 5.10. The second-order valence-corrected chi connectivity index (χ2v) is 7.56. The molecule has 3 nitrogen and oxygen atoms in total. The predicted molar refractivity (Wildman–Crippen MR) is 72.5 cm³/mol. The molecule has 0 aromatic heterocycles. The topological polar surface area (TPSA) is 46.5 Å². The average molecular weight is 263 g/mol. The first-order valence-electron chi connectivity index (χ1n) is 6.34. The minimum atomic E-state index is -3.14. The zero-order valence-electron chi connectivity index (χ0n) is 10.7. The smallest absolute Gasteiger partial charge is 0.175 e. The molecule has 1 aromatic rings. The van der Waals surface area contributed by atoms with Crippen LogP contribution >= 0.6 is 0 Å². The number of rotatable bonds is 1. The molecule has 4 heteroatoms. The van der Waals surface area contributed by atoms with Gasteiger partial charge in [0.1, 0.15) is 0 Å². The van der Waals surface area contributed by atoms with E-state index in [1.54, 1.807) is 6.07 Å². The van der Waals surface area contributed by atoms with E-state index >= 15 is 0 Å². The molecule has 1 aliphatic carbocycles. The summed E-state index contributed by atoms with van der Waals surface area (Å²) in [6.07, 6.45) is 5.76. The molecule has 0 spiro atoms. The number of nitrogens with zero attached hydrogens (tertiary/aromatic N) is 1. The van der Waals surface area contributed by atoms with Crippen LogP contribution in [0.4, 0.5) is 5.69 Å². The Morgan fingerprint density at radius 1 is 1.28 bits per heavy atom. The van der Waals surface area contributed by atoms with Gasteiger partial charge < -0.3 is 0 Å². The van der Waals surface area contributed by atoms with Crippen molar-refractivity contribution in [2.24, 2.45) is 4.99 Å². The van der Waals surface area contributed by atoms with E-state index in [-0.39, 0.29) is 5.41 Å². The highest BCUT2D eigenvalue weighted by molar-refractivity contribution is 7.90. The van der Waals surface area contributed by atoms with Gasteiger partial charge in [0.2, 0.25) is 0 Å². The van der Waals surface area contributed by atoms with Gasteiger partial charge in [-0.25, -0.2) is 8.42 Å². The van der Waals surface area contributed by atoms with Gasteiger partial charge in [0.15, 0.2) is 9.84 Å². The van der Waals surface area contributed by atoms with Crippen molar-refractivity contribution >= 4 is 21.2 Å². The van der Waals surface area contributed by atoms with Crippen molar-refractivity contribution in [1.29, 1.82) is 0 Å². The lowest BCUT2D eigenvalue weighted by atomic mass is 9.71. The van der Waals surface area contributed by atoms with Gasteiger partial charge in [0, 0.05) is 17.4 Å². The molecule has 1 atom stereocenters. The first kappa shape index (κ1) is 11.9. The van der Waals surface area contributed by atoms with Gasteiger partial charge in [0.25, 0.3) is 0 Å². The van der Waals surface area contributed by atoms with Gasteiger partial charge in [0.05, 0.1) is 10.6 Å². The Kier molecular flexibility index (Phi) is 2.43. The Labute approximate surface area is 108 Å². The second kappa shape index (κ2) is 3.67. The standard InChI is InChI=1S/C14H17NO2S/c1-14-8-4-3-5-13(14)15-12-7-6-10(9-11(12)14)18(2,16)17/h6-7,9H,3-5,8H2,1-2H3. The fourth-order valence-corrected chi connectivity index (χ4v) is 3.74. The van der Waals surface area contributed by atoms with E-state index in [0.29, 0.717) is 4.90 Å². The van der Waals surface area contributed by atoms with Crippen LogP contribution < -0.4 is 0 Å². The Bertz CT molecular complexity index is 646. The third kappa shape index (κ3) is 1.62. The fourth-order valence-electron chi connectivity index (χ4n) is 3.09. The Hall–Kier alpha value is -1.16. The number of benzene rings is 1. The van der Waals surface area contributed by atoms with Gasteiger partial charge >= 0.3 is 0 Å². The summed E-state index contributed by atoms with van der Waals surface area (Å²) in [7, 11) is -3.14. The van der Waals surface area contributed by atoms with Crippen LogP contribution in [0.5, 0.6) is 0 Å². The molecule has 18 heavy (non-hydrogen) atoms. The highest BCUT2D eigenvalue weighted by atomic mass is 32.2. The predicted octanol–water partition coefficient (Wildman–Crippen LogP) is 3.01. The minimum Gasteiger partial charge on any atom is -0.257 e. The van der Waals surface area contributed by atoms with E-state index in [2.05, 4.69) is 6.92 Å². The molecule has 0 bridgehead atoms. The van der Waals surface area contributed by atoms with Crippen molar-refractivity contribution in [2.45, 2.75) is 42.9 Å². The molecule has 1 saturated carbocycles. The van der Waals surface area contributed by atoms with Crippen LogP contribution in [0.1, 0.15) is 38.2 Å². The van der Waals surface area contributed by atoms with Crippen molar-refractivity contribution < 1.29 is 8.42 Å². The molecule has 1 fully saturated rings. The molecule has 0 amide bonds. The number of aliphatic imine (C=N–C) groups is 1. The van der Waals surface area contributed by atoms with Gasteiger partial charge in [-0.1, -0.05) is 13.3 Å². The van der Waals surface area contributed by atoms with Crippen molar-refractivity contribution in [1.82, 2.24) is 0 Å². The van der Waals surface area contributed by atoms with Crippen LogP contribution in [-0.4, -0.2) is 20.4 Å². The van der Waals surface area contributed by atoms with Crippen LogP contribution in [0.15, 0.2) is 28.1 Å². The molecule has 1 aliphatic heterocycles. The summed E-state index contributed by atoms with van der Waals surface area (Å²) in [6, 6.07) is 5.34. The third-order valence-electron chi connectivity index (χ3n) is 4.22. The van der Waals surface area contributed by atoms with Crippen molar-refractivity contribution in [3.8, 4) is 0 Å². The number of hydrogen-bond donors (Lipinski definition) is 0. The van der Waals surface area contributed by atoms with E-state index in [0.717, 1.165) is 24.1 Å². The van der Waals surface area contributed by atoms with Crippen molar-refractivity contribution in [3.63, 3.8) is 0 Å². The molecule has 1 unspecified atom stereocenters.